The van der Waals surface area contributed by atoms with Gasteiger partial charge in [-0.2, -0.15) is 4.98 Å². The van der Waals surface area contributed by atoms with Crippen LogP contribution < -0.4 is 25.6 Å². The zero-order chi connectivity index (χ0) is 28.8. The average molecular weight is 562 g/mol. The maximum Gasteiger partial charge on any atom is 0.324 e. The van der Waals surface area contributed by atoms with Gasteiger partial charge in [0.25, 0.3) is 5.69 Å². The fourth-order valence-corrected chi connectivity index (χ4v) is 5.24. The molecule has 3 aromatic rings. The molecule has 2 fully saturated rings. The first-order valence-electron chi connectivity index (χ1n) is 13.7. The number of rotatable bonds is 8. The molecule has 13 heteroatoms. The molecule has 0 aliphatic carbocycles. The molecule has 0 radical (unpaired) electrons. The number of nitrogens with one attached hydrogen (secondary N) is 3. The number of nitrogens with zero attached hydrogens (tertiary/aromatic N) is 6. The summed E-state index contributed by atoms with van der Waals surface area (Å²) in [5.41, 5.74) is 1.98. The van der Waals surface area contributed by atoms with Gasteiger partial charge in [-0.05, 0) is 44.2 Å². The number of urea groups is 1. The van der Waals surface area contributed by atoms with Crippen molar-refractivity contribution in [2.24, 2.45) is 0 Å². The van der Waals surface area contributed by atoms with Crippen LogP contribution in [-0.4, -0.2) is 90.2 Å². The molecule has 41 heavy (non-hydrogen) atoms. The predicted octanol–water partition coefficient (Wildman–Crippen LogP) is 4.00. The van der Waals surface area contributed by atoms with Crippen molar-refractivity contribution in [1.82, 2.24) is 19.8 Å². The lowest BCUT2D eigenvalue weighted by molar-refractivity contribution is -0.384. The van der Waals surface area contributed by atoms with Crippen molar-refractivity contribution in [3.05, 3.63) is 64.8 Å². The van der Waals surface area contributed by atoms with Crippen LogP contribution in [0.15, 0.2) is 54.7 Å². The maximum absolute atomic E-state index is 12.4. The Morgan fingerprint density at radius 1 is 1.02 bits per heavy atom. The number of nitro benzene ring substituents is 1. The summed E-state index contributed by atoms with van der Waals surface area (Å²) in [5.74, 6) is 1.19. The zero-order valence-electron chi connectivity index (χ0n) is 23.2. The molecule has 5 rings (SSSR count). The molecule has 2 saturated heterocycles. The number of benzene rings is 2. The summed E-state index contributed by atoms with van der Waals surface area (Å²) < 4.78 is 5.68. The molecule has 216 valence electrons. The fraction of sp³-hybridized carbons (Fsp3) is 0.393. The van der Waals surface area contributed by atoms with Crippen LogP contribution in [0.25, 0.3) is 0 Å². The number of piperidine rings is 1. The highest BCUT2D eigenvalue weighted by Crippen LogP contribution is 2.33. The second-order valence-corrected chi connectivity index (χ2v) is 10.2. The molecule has 2 amide bonds. The van der Waals surface area contributed by atoms with Gasteiger partial charge >= 0.3 is 6.03 Å². The van der Waals surface area contributed by atoms with Crippen molar-refractivity contribution >= 4 is 40.5 Å². The average Bonchev–Trinajstić information content (AvgIpc) is 2.98. The Labute approximate surface area is 238 Å². The molecule has 0 atom stereocenters. The van der Waals surface area contributed by atoms with E-state index in [2.05, 4.69) is 53.7 Å². The molecule has 2 aliphatic rings. The molecular weight excluding hydrogens is 526 g/mol. The topological polar surface area (TPSA) is 141 Å². The normalized spacial score (nSPS) is 16.7. The highest BCUT2D eigenvalue weighted by molar-refractivity contribution is 5.99. The number of non-ortho nitro benzene ring substituents is 1. The lowest BCUT2D eigenvalue weighted by atomic mass is 10.0. The minimum absolute atomic E-state index is 0.119. The van der Waals surface area contributed by atoms with Gasteiger partial charge in [0, 0.05) is 81.1 Å². The third-order valence-electron chi connectivity index (χ3n) is 7.53. The monoisotopic (exact) mass is 561 g/mol. The van der Waals surface area contributed by atoms with E-state index in [-0.39, 0.29) is 23.1 Å². The smallest absolute Gasteiger partial charge is 0.324 e. The number of nitro groups is 1. The minimum Gasteiger partial charge on any atom is -0.494 e. The van der Waals surface area contributed by atoms with Crippen LogP contribution in [0.5, 0.6) is 5.75 Å². The molecule has 0 spiro atoms. The Bertz CT molecular complexity index is 1370. The molecule has 3 N–H and O–H groups in total. The number of ether oxygens (including phenoxy) is 1. The lowest BCUT2D eigenvalue weighted by Gasteiger charge is -2.42. The van der Waals surface area contributed by atoms with Crippen LogP contribution in [0, 0.1) is 10.1 Å². The van der Waals surface area contributed by atoms with E-state index in [0.29, 0.717) is 17.5 Å². The molecule has 1 aromatic heterocycles. The number of hydrogen-bond donors (Lipinski definition) is 3. The summed E-state index contributed by atoms with van der Waals surface area (Å²) in [5, 5.41) is 19.3. The summed E-state index contributed by atoms with van der Waals surface area (Å²) >= 11 is 0. The number of hydrogen-bond acceptors (Lipinski definition) is 10. The molecule has 13 nitrogen and oxygen atoms in total. The van der Waals surface area contributed by atoms with Crippen LogP contribution in [0.3, 0.4) is 0 Å². The fourth-order valence-electron chi connectivity index (χ4n) is 5.24. The lowest BCUT2D eigenvalue weighted by Crippen LogP contribution is -2.52. The van der Waals surface area contributed by atoms with Crippen LogP contribution in [0.1, 0.15) is 12.8 Å². The van der Waals surface area contributed by atoms with Gasteiger partial charge in [-0.3, -0.25) is 20.3 Å². The summed E-state index contributed by atoms with van der Waals surface area (Å²) in [6.07, 6.45) is 3.81. The van der Waals surface area contributed by atoms with Crippen molar-refractivity contribution < 1.29 is 14.5 Å². The quantitative estimate of drug-likeness (QED) is 0.273. The molecule has 0 saturated carbocycles. The van der Waals surface area contributed by atoms with Crippen LogP contribution in [0.4, 0.5) is 39.3 Å². The molecule has 0 bridgehead atoms. The van der Waals surface area contributed by atoms with Gasteiger partial charge in [0.05, 0.1) is 17.7 Å². The number of piperazine rings is 1. The highest BCUT2D eigenvalue weighted by Gasteiger charge is 2.27. The summed E-state index contributed by atoms with van der Waals surface area (Å²) in [7, 11) is 3.82. The largest absolute Gasteiger partial charge is 0.494 e. The first kappa shape index (κ1) is 28.1. The van der Waals surface area contributed by atoms with Gasteiger partial charge in [-0.25, -0.2) is 9.78 Å². The van der Waals surface area contributed by atoms with E-state index < -0.39 is 11.0 Å². The highest BCUT2D eigenvalue weighted by atomic mass is 16.6. The zero-order valence-corrected chi connectivity index (χ0v) is 23.2. The minimum atomic E-state index is -0.589. The van der Waals surface area contributed by atoms with Gasteiger partial charge in [-0.15, -0.1) is 0 Å². The molecule has 0 unspecified atom stereocenters. The van der Waals surface area contributed by atoms with Crippen LogP contribution >= 0.6 is 0 Å². The Balaban J connectivity index is 1.18. The van der Waals surface area contributed by atoms with Gasteiger partial charge in [0.15, 0.2) is 0 Å². The second kappa shape index (κ2) is 12.8. The van der Waals surface area contributed by atoms with Gasteiger partial charge < -0.3 is 25.2 Å². The number of anilines is 5. The second-order valence-electron chi connectivity index (χ2n) is 10.2. The Kier molecular flexibility index (Phi) is 8.75. The standard InChI is InChI=1S/C28H35N9O4/c1-34-14-16-36(17-15-34)21-9-12-35(13-10-21)22-6-7-24(25(19-22)41-2)31-27-29-11-8-26(32-27)33-28(38)30-20-4-3-5-23(18-20)37(39)40/h3-8,11,18-19,21H,9-10,12-17H2,1-2H3,(H3,29,30,31,32,33,38). The van der Waals surface area contributed by atoms with E-state index in [1.165, 1.54) is 24.4 Å². The van der Waals surface area contributed by atoms with E-state index in [1.54, 1.807) is 19.2 Å². The predicted molar refractivity (Wildman–Crippen MR) is 158 cm³/mol. The number of aromatic nitrogens is 2. The number of carbonyl (C=O) groups excluding carboxylic acids is 1. The van der Waals surface area contributed by atoms with Gasteiger partial charge in [0.1, 0.15) is 11.6 Å². The van der Waals surface area contributed by atoms with Crippen LogP contribution in [-0.2, 0) is 0 Å². The van der Waals surface area contributed by atoms with Crippen molar-refractivity contribution in [2.45, 2.75) is 18.9 Å². The van der Waals surface area contributed by atoms with Crippen molar-refractivity contribution in [3.63, 3.8) is 0 Å². The van der Waals surface area contributed by atoms with Crippen molar-refractivity contribution in [3.8, 4) is 5.75 Å². The number of methoxy groups -OCH3 is 1. The third kappa shape index (κ3) is 7.18. The maximum atomic E-state index is 12.4. The molecule has 2 aliphatic heterocycles. The Morgan fingerprint density at radius 3 is 2.54 bits per heavy atom. The summed E-state index contributed by atoms with van der Waals surface area (Å²) in [6.45, 7) is 6.59. The van der Waals surface area contributed by atoms with Crippen molar-refractivity contribution in [2.75, 3.05) is 74.3 Å². The Hall–Kier alpha value is -4.49. The Morgan fingerprint density at radius 2 is 1.80 bits per heavy atom. The first-order valence-corrected chi connectivity index (χ1v) is 13.7. The van der Waals surface area contributed by atoms with E-state index in [0.717, 1.165) is 57.8 Å². The number of carbonyl (C=O) groups is 1. The number of amides is 2. The third-order valence-corrected chi connectivity index (χ3v) is 7.53. The van der Waals surface area contributed by atoms with E-state index in [1.807, 2.05) is 12.1 Å². The van der Waals surface area contributed by atoms with Gasteiger partial charge in [0.2, 0.25) is 5.95 Å². The number of likely N-dealkylation sites (N-methyl/N-ethyl adjacent to an activating group) is 1. The molecular formula is C28H35N9O4. The SMILES string of the molecule is COc1cc(N2CCC(N3CCN(C)CC3)CC2)ccc1Nc1nccc(NC(=O)Nc2cccc([N+](=O)[O-])c2)n1. The molecule has 3 heterocycles. The van der Waals surface area contributed by atoms with Crippen molar-refractivity contribution in [1.29, 1.82) is 0 Å². The summed E-state index contributed by atoms with van der Waals surface area (Å²) in [4.78, 5) is 39.0. The summed E-state index contributed by atoms with van der Waals surface area (Å²) in [6, 6.07) is 13.3. The molecule has 2 aromatic carbocycles. The van der Waals surface area contributed by atoms with Crippen LogP contribution in [0.2, 0.25) is 0 Å². The van der Waals surface area contributed by atoms with E-state index >= 15 is 0 Å². The van der Waals surface area contributed by atoms with E-state index in [4.69, 9.17) is 4.74 Å². The van der Waals surface area contributed by atoms with Gasteiger partial charge in [-0.1, -0.05) is 6.07 Å². The first-order chi connectivity index (χ1) is 19.9. The van der Waals surface area contributed by atoms with E-state index in [9.17, 15) is 14.9 Å².